The molecule has 3 aliphatic rings. The lowest BCUT2D eigenvalue weighted by Crippen LogP contribution is -2.80. The first-order valence-corrected chi connectivity index (χ1v) is 12.2. The van der Waals surface area contributed by atoms with Gasteiger partial charge in [-0.2, -0.15) is 5.26 Å². The van der Waals surface area contributed by atoms with Crippen molar-refractivity contribution in [3.05, 3.63) is 40.2 Å². The van der Waals surface area contributed by atoms with Crippen LogP contribution in [-0.2, 0) is 25.6 Å². The number of fused-ring (bicyclic) bond motifs is 3. The van der Waals surface area contributed by atoms with E-state index in [-0.39, 0.29) is 24.2 Å². The second kappa shape index (κ2) is 9.14. The van der Waals surface area contributed by atoms with E-state index in [9.17, 15) is 39.8 Å². The number of phenols is 1. The van der Waals surface area contributed by atoms with Crippen LogP contribution in [0.1, 0.15) is 17.5 Å². The van der Waals surface area contributed by atoms with E-state index in [1.165, 1.54) is 31.1 Å². The number of ketones is 2. The molecule has 14 heteroatoms. The van der Waals surface area contributed by atoms with Gasteiger partial charge >= 0.3 is 0 Å². The summed E-state index contributed by atoms with van der Waals surface area (Å²) in [7, 11) is 6.23. The highest BCUT2D eigenvalue weighted by atomic mass is 16.3. The van der Waals surface area contributed by atoms with Crippen LogP contribution < -0.4 is 22.5 Å². The number of primary amides is 1. The van der Waals surface area contributed by atoms with Crippen molar-refractivity contribution in [3.8, 4) is 11.8 Å². The van der Waals surface area contributed by atoms with Crippen molar-refractivity contribution in [2.45, 2.75) is 30.0 Å². The van der Waals surface area contributed by atoms with Gasteiger partial charge in [-0.3, -0.25) is 24.1 Å². The van der Waals surface area contributed by atoms with Crippen LogP contribution >= 0.6 is 0 Å². The smallest absolute Gasteiger partial charge is 0.255 e. The molecule has 212 valence electrons. The Kier molecular flexibility index (Phi) is 6.56. The minimum atomic E-state index is -2.74. The van der Waals surface area contributed by atoms with Crippen molar-refractivity contribution in [2.75, 3.05) is 40.1 Å². The molecule has 0 spiro atoms. The minimum Gasteiger partial charge on any atom is -0.509 e. The number of rotatable bonds is 5. The van der Waals surface area contributed by atoms with Crippen molar-refractivity contribution in [1.82, 2.24) is 9.80 Å². The van der Waals surface area contributed by atoms with E-state index in [1.807, 2.05) is 0 Å². The number of aliphatic hydroxyl groups is 2. The Hall–Kier alpha value is -4.29. The van der Waals surface area contributed by atoms with Gasteiger partial charge in [0.2, 0.25) is 5.91 Å². The largest absolute Gasteiger partial charge is 0.509 e. The number of Topliss-reactive ketones (excluding diaryl/α,β-unsaturated/α-hetero) is 2. The number of carbonyl (C=O) groups excluding carboxylic acids is 4. The van der Waals surface area contributed by atoms with Gasteiger partial charge in [0.15, 0.2) is 17.0 Å². The second-order valence-electron chi connectivity index (χ2n) is 11.1. The Labute approximate surface area is 229 Å². The second-order valence-corrected chi connectivity index (χ2v) is 11.1. The van der Waals surface area contributed by atoms with E-state index in [2.05, 4.69) is 5.32 Å². The number of aromatic hydroxyl groups is 1. The Morgan fingerprint density at radius 3 is 2.30 bits per heavy atom. The molecule has 0 aliphatic heterocycles. The number of hydrogen-bond donors (Lipinski definition) is 7. The Bertz CT molecular complexity index is 1490. The fraction of sp³-hybridized carbons (Fsp3) is 0.423. The zero-order chi connectivity index (χ0) is 30.1. The molecule has 10 N–H and O–H groups in total. The monoisotopic (exact) mass is 553 g/mol. The molecule has 0 aromatic heterocycles. The summed E-state index contributed by atoms with van der Waals surface area (Å²) in [5.74, 6) is -6.63. The lowest BCUT2D eigenvalue weighted by Gasteiger charge is -2.58. The Morgan fingerprint density at radius 2 is 1.77 bits per heavy atom. The average Bonchev–Trinajstić information content (AvgIpc) is 2.79. The van der Waals surface area contributed by atoms with Crippen LogP contribution in [0.2, 0.25) is 0 Å². The molecular formula is C26H31N7O7. The van der Waals surface area contributed by atoms with Crippen molar-refractivity contribution in [3.63, 3.8) is 0 Å². The molecular weight excluding hydrogens is 522 g/mol. The molecule has 0 radical (unpaired) electrons. The zero-order valence-electron chi connectivity index (χ0n) is 22.4. The molecule has 2 amide bonds. The first-order chi connectivity index (χ1) is 18.5. The number of anilines is 1. The number of hydrogen-bond acceptors (Lipinski definition) is 12. The maximum atomic E-state index is 14.3. The molecule has 40 heavy (non-hydrogen) atoms. The number of nitrogens with one attached hydrogen (secondary N) is 1. The van der Waals surface area contributed by atoms with Crippen LogP contribution in [0.4, 0.5) is 5.69 Å². The van der Waals surface area contributed by atoms with Gasteiger partial charge < -0.3 is 42.7 Å². The maximum absolute atomic E-state index is 14.3. The van der Waals surface area contributed by atoms with Gasteiger partial charge in [0.1, 0.15) is 22.8 Å². The maximum Gasteiger partial charge on any atom is 0.255 e. The molecule has 4 atom stereocenters. The van der Waals surface area contributed by atoms with E-state index < -0.39 is 80.8 Å². The summed E-state index contributed by atoms with van der Waals surface area (Å²) in [6.45, 7) is -0.00314. The van der Waals surface area contributed by atoms with E-state index >= 15 is 0 Å². The van der Waals surface area contributed by atoms with Gasteiger partial charge in [-0.05, 0) is 52.7 Å². The van der Waals surface area contributed by atoms with Gasteiger partial charge in [-0.25, -0.2) is 0 Å². The standard InChI is InChI=1S/C26H31N7O7/c1-32(2)8-13(34)31-12-6-5-11-7-24(29)9-26(30)20(33(3)4)19(37)15(23(28)40)21(38)25(26,10-27)22(39)16(24)18(36)14(11)17(12)35/h5-6,20,35-36,38H,7-9,29-30H2,1-4H3,(H2,28,40)(H,31,34)/t20-,24-,25+,26-/m1/s1. The zero-order valence-corrected chi connectivity index (χ0v) is 22.4. The number of benzene rings is 1. The topological polar surface area (TPSA) is 249 Å². The lowest BCUT2D eigenvalue weighted by molar-refractivity contribution is -0.139. The lowest BCUT2D eigenvalue weighted by atomic mass is 9.47. The fourth-order valence-electron chi connectivity index (χ4n) is 6.40. The van der Waals surface area contributed by atoms with Crippen molar-refractivity contribution in [1.29, 1.82) is 5.26 Å². The molecule has 3 aliphatic carbocycles. The van der Waals surface area contributed by atoms with Gasteiger partial charge in [0, 0.05) is 0 Å². The van der Waals surface area contributed by atoms with Crippen LogP contribution in [0.15, 0.2) is 29.0 Å². The van der Waals surface area contributed by atoms with Crippen LogP contribution in [0, 0.1) is 16.7 Å². The summed E-state index contributed by atoms with van der Waals surface area (Å²) in [6.07, 6.45) is -0.639. The third-order valence-corrected chi connectivity index (χ3v) is 7.85. The van der Waals surface area contributed by atoms with Crippen molar-refractivity contribution in [2.24, 2.45) is 22.6 Å². The summed E-state index contributed by atoms with van der Waals surface area (Å²) < 4.78 is 0. The molecule has 0 saturated heterocycles. The molecule has 1 aromatic carbocycles. The minimum absolute atomic E-state index is 0.00314. The third kappa shape index (κ3) is 3.63. The normalized spacial score (nSPS) is 29.6. The number of aliphatic hydroxyl groups excluding tert-OH is 2. The number of nitriles is 1. The highest BCUT2D eigenvalue weighted by Gasteiger charge is 2.74. The number of nitrogens with two attached hydrogens (primary N) is 3. The molecule has 0 bridgehead atoms. The number of carbonyl (C=O) groups is 4. The number of phenolic OH excluding ortho intramolecular Hbond substituents is 1. The van der Waals surface area contributed by atoms with Crippen LogP contribution in [0.3, 0.4) is 0 Å². The summed E-state index contributed by atoms with van der Waals surface area (Å²) in [5, 5.41) is 46.6. The Morgan fingerprint density at radius 1 is 1.15 bits per heavy atom. The number of nitrogens with zero attached hydrogens (tertiary/aromatic N) is 3. The summed E-state index contributed by atoms with van der Waals surface area (Å²) in [6, 6.07) is 3.15. The van der Waals surface area contributed by atoms with Crippen molar-refractivity contribution < 1.29 is 34.5 Å². The summed E-state index contributed by atoms with van der Waals surface area (Å²) >= 11 is 0. The van der Waals surface area contributed by atoms with E-state index in [0.29, 0.717) is 5.56 Å². The predicted octanol–water partition coefficient (Wildman–Crippen LogP) is -1.59. The van der Waals surface area contributed by atoms with Gasteiger partial charge in [0.05, 0.1) is 46.6 Å². The number of amides is 2. The van der Waals surface area contributed by atoms with Gasteiger partial charge in [-0.1, -0.05) is 6.07 Å². The third-order valence-electron chi connectivity index (χ3n) is 7.85. The summed E-state index contributed by atoms with van der Waals surface area (Å²) in [5.41, 5.74) is 10.8. The fourth-order valence-corrected chi connectivity index (χ4v) is 6.40. The number of likely N-dealkylation sites (N-methyl/N-ethyl adjacent to an activating group) is 2. The molecule has 1 saturated carbocycles. The first-order valence-electron chi connectivity index (χ1n) is 12.2. The van der Waals surface area contributed by atoms with Crippen LogP contribution in [-0.4, -0.2) is 100 Å². The summed E-state index contributed by atoms with van der Waals surface area (Å²) in [4.78, 5) is 55.1. The SMILES string of the molecule is CN(C)CC(=O)Nc1ccc2c(c1O)C(O)=C1C(=O)[C@]3(C#N)C(O)=C(C(N)=O)C(=O)[C@@H](N(C)C)[C@]3(N)C[C@]1(N)C2. The molecule has 0 heterocycles. The van der Waals surface area contributed by atoms with Gasteiger partial charge in [0.25, 0.3) is 5.91 Å². The highest BCUT2D eigenvalue weighted by Crippen LogP contribution is 2.58. The van der Waals surface area contributed by atoms with E-state index in [0.717, 1.165) is 0 Å². The van der Waals surface area contributed by atoms with Crippen LogP contribution in [0.25, 0.3) is 5.76 Å². The van der Waals surface area contributed by atoms with Gasteiger partial charge in [-0.15, -0.1) is 0 Å². The molecule has 4 rings (SSSR count). The van der Waals surface area contributed by atoms with Crippen molar-refractivity contribution >= 4 is 34.8 Å². The van der Waals surface area contributed by atoms with E-state index in [1.54, 1.807) is 25.1 Å². The highest BCUT2D eigenvalue weighted by molar-refractivity contribution is 6.25. The quantitative estimate of drug-likeness (QED) is 0.161. The first kappa shape index (κ1) is 28.7. The predicted molar refractivity (Wildman–Crippen MR) is 141 cm³/mol. The molecule has 1 fully saturated rings. The van der Waals surface area contributed by atoms with Crippen LogP contribution in [0.5, 0.6) is 5.75 Å². The molecule has 0 unspecified atom stereocenters. The van der Waals surface area contributed by atoms with E-state index in [4.69, 9.17) is 17.2 Å². The molecule has 1 aromatic rings. The molecule has 14 nitrogen and oxygen atoms in total. The average molecular weight is 554 g/mol. The Balaban J connectivity index is 2.00.